The number of piperidine rings is 1. The molecule has 4 rings (SSSR count). The van der Waals surface area contributed by atoms with Gasteiger partial charge in [-0.3, -0.25) is 14.4 Å². The third-order valence-corrected chi connectivity index (χ3v) is 8.37. The normalized spacial score (nSPS) is 14.9. The van der Waals surface area contributed by atoms with Crippen LogP contribution in [0.1, 0.15) is 60.7 Å². The van der Waals surface area contributed by atoms with E-state index in [2.05, 4.69) is 25.5 Å². The topological polar surface area (TPSA) is 160 Å². The maximum Gasteiger partial charge on any atom is 0.328 e. The van der Waals surface area contributed by atoms with Crippen LogP contribution in [0.2, 0.25) is 0 Å². The highest BCUT2D eigenvalue weighted by Gasteiger charge is 2.32. The van der Waals surface area contributed by atoms with Crippen molar-refractivity contribution in [3.05, 3.63) is 78.1 Å². The fourth-order valence-electron chi connectivity index (χ4n) is 4.67. The molecule has 3 N–H and O–H groups in total. The number of anilines is 2. The number of hydrogen-bond acceptors (Lipinski definition) is 10. The standard InChI is InChI=1S/C30H36N6O6S/c1-30(2,3)26(19-27(38)42-35-43(40,41)23-8-5-4-6-9-23)34-28(39)24-18-21(20-37)10-11-25(24)36-16-12-22(13-17-36)33-29-31-14-7-15-32-29/h4-11,14-15,18,20,22,26,35H,12-13,16-17,19H2,1-3H3,(H,34,39)(H,31,32,33)/t26-/m0/s1. The summed E-state index contributed by atoms with van der Waals surface area (Å²) in [6.45, 7) is 6.84. The van der Waals surface area contributed by atoms with Crippen molar-refractivity contribution < 1.29 is 27.6 Å². The number of rotatable bonds is 11. The summed E-state index contributed by atoms with van der Waals surface area (Å²) in [4.78, 5) is 55.2. The Morgan fingerprint density at radius 3 is 2.35 bits per heavy atom. The van der Waals surface area contributed by atoms with Gasteiger partial charge in [0.05, 0.1) is 16.9 Å². The molecular weight excluding hydrogens is 572 g/mol. The summed E-state index contributed by atoms with van der Waals surface area (Å²) in [6, 6.07) is 13.7. The molecule has 0 spiro atoms. The number of benzene rings is 2. The first-order chi connectivity index (χ1) is 20.5. The average molecular weight is 609 g/mol. The molecule has 2 aromatic carbocycles. The molecule has 0 aliphatic carbocycles. The fraction of sp³-hybridized carbons (Fsp3) is 0.367. The average Bonchev–Trinajstić information content (AvgIpc) is 3.00. The molecule has 1 aromatic heterocycles. The van der Waals surface area contributed by atoms with Crippen molar-refractivity contribution >= 4 is 39.8 Å². The van der Waals surface area contributed by atoms with Crippen molar-refractivity contribution in [1.82, 2.24) is 20.2 Å². The van der Waals surface area contributed by atoms with Gasteiger partial charge in [0.25, 0.3) is 15.9 Å². The number of carbonyl (C=O) groups is 3. The molecule has 228 valence electrons. The first kappa shape index (κ1) is 31.6. The first-order valence-electron chi connectivity index (χ1n) is 13.9. The Hall–Kier alpha value is -4.36. The minimum atomic E-state index is -4.07. The molecule has 1 saturated heterocycles. The predicted octanol–water partition coefficient (Wildman–Crippen LogP) is 3.34. The minimum absolute atomic E-state index is 0.0562. The molecule has 1 aliphatic heterocycles. The molecule has 2 heterocycles. The van der Waals surface area contributed by atoms with E-state index < -0.39 is 33.4 Å². The highest BCUT2D eigenvalue weighted by atomic mass is 32.2. The van der Waals surface area contributed by atoms with E-state index in [4.69, 9.17) is 4.84 Å². The number of nitrogens with one attached hydrogen (secondary N) is 3. The molecule has 1 fully saturated rings. The van der Waals surface area contributed by atoms with E-state index in [1.54, 1.807) is 48.8 Å². The third kappa shape index (κ3) is 8.58. The molecule has 3 aromatic rings. The zero-order valence-electron chi connectivity index (χ0n) is 24.3. The van der Waals surface area contributed by atoms with Crippen LogP contribution in [0.3, 0.4) is 0 Å². The van der Waals surface area contributed by atoms with E-state index in [1.807, 2.05) is 25.7 Å². The van der Waals surface area contributed by atoms with Gasteiger partial charge in [-0.15, -0.1) is 0 Å². The molecule has 12 nitrogen and oxygen atoms in total. The Kier molecular flexibility index (Phi) is 10.1. The van der Waals surface area contributed by atoms with Crippen LogP contribution in [0.4, 0.5) is 11.6 Å². The van der Waals surface area contributed by atoms with Crippen LogP contribution in [0.5, 0.6) is 0 Å². The van der Waals surface area contributed by atoms with Crippen molar-refractivity contribution in [2.75, 3.05) is 23.3 Å². The van der Waals surface area contributed by atoms with Gasteiger partial charge in [-0.2, -0.15) is 0 Å². The largest absolute Gasteiger partial charge is 0.371 e. The molecule has 0 bridgehead atoms. The Morgan fingerprint density at radius 1 is 1.05 bits per heavy atom. The maximum absolute atomic E-state index is 13.7. The molecule has 0 saturated carbocycles. The van der Waals surface area contributed by atoms with Crippen LogP contribution >= 0.6 is 0 Å². The quantitative estimate of drug-likeness (QED) is 0.218. The first-order valence-corrected chi connectivity index (χ1v) is 15.4. The summed E-state index contributed by atoms with van der Waals surface area (Å²) >= 11 is 0. The van der Waals surface area contributed by atoms with Gasteiger partial charge in [0.1, 0.15) is 6.29 Å². The van der Waals surface area contributed by atoms with Crippen molar-refractivity contribution in [2.45, 2.75) is 57.0 Å². The molecule has 0 radical (unpaired) electrons. The highest BCUT2D eigenvalue weighted by molar-refractivity contribution is 7.89. The summed E-state index contributed by atoms with van der Waals surface area (Å²) in [7, 11) is -4.07. The van der Waals surface area contributed by atoms with E-state index in [1.165, 1.54) is 18.2 Å². The van der Waals surface area contributed by atoms with Gasteiger partial charge < -0.3 is 20.4 Å². The lowest BCUT2D eigenvalue weighted by molar-refractivity contribution is -0.148. The van der Waals surface area contributed by atoms with Crippen LogP contribution < -0.4 is 20.4 Å². The number of sulfonamides is 1. The summed E-state index contributed by atoms with van der Waals surface area (Å²) in [5.41, 5.74) is 0.714. The molecule has 0 unspecified atom stereocenters. The number of aromatic nitrogens is 2. The predicted molar refractivity (Wildman–Crippen MR) is 161 cm³/mol. The van der Waals surface area contributed by atoms with Gasteiger partial charge in [0.2, 0.25) is 5.95 Å². The molecule has 13 heteroatoms. The SMILES string of the molecule is CC(C)(C)[C@H](CC(=O)ONS(=O)(=O)c1ccccc1)NC(=O)c1cc(C=O)ccc1N1CCC(Nc2ncccn2)CC1. The highest BCUT2D eigenvalue weighted by Crippen LogP contribution is 2.28. The molecule has 43 heavy (non-hydrogen) atoms. The van der Waals surface area contributed by atoms with Gasteiger partial charge in [0, 0.05) is 48.8 Å². The summed E-state index contributed by atoms with van der Waals surface area (Å²) in [6.07, 6.45) is 5.30. The van der Waals surface area contributed by atoms with Gasteiger partial charge in [-0.25, -0.2) is 18.4 Å². The Morgan fingerprint density at radius 2 is 1.72 bits per heavy atom. The van der Waals surface area contributed by atoms with Gasteiger partial charge >= 0.3 is 5.97 Å². The number of nitrogens with zero attached hydrogens (tertiary/aromatic N) is 3. The van der Waals surface area contributed by atoms with E-state index >= 15 is 0 Å². The van der Waals surface area contributed by atoms with E-state index in [-0.39, 0.29) is 17.4 Å². The Labute approximate surface area is 251 Å². The lowest BCUT2D eigenvalue weighted by atomic mass is 9.84. The summed E-state index contributed by atoms with van der Waals surface area (Å²) in [5.74, 6) is -0.760. The van der Waals surface area contributed by atoms with Crippen LogP contribution in [0.15, 0.2) is 71.9 Å². The number of hydrogen-bond donors (Lipinski definition) is 3. The van der Waals surface area contributed by atoms with E-state index in [0.717, 1.165) is 12.8 Å². The van der Waals surface area contributed by atoms with Crippen LogP contribution in [0, 0.1) is 5.41 Å². The van der Waals surface area contributed by atoms with Gasteiger partial charge in [-0.1, -0.05) is 39.0 Å². The second kappa shape index (κ2) is 13.7. The Balaban J connectivity index is 1.44. The number of aldehydes is 1. The fourth-order valence-corrected chi connectivity index (χ4v) is 5.49. The maximum atomic E-state index is 13.7. The second-order valence-electron chi connectivity index (χ2n) is 11.3. The summed E-state index contributed by atoms with van der Waals surface area (Å²) < 4.78 is 24.9. The van der Waals surface area contributed by atoms with Crippen molar-refractivity contribution in [3.8, 4) is 0 Å². The van der Waals surface area contributed by atoms with Crippen molar-refractivity contribution in [1.29, 1.82) is 0 Å². The van der Waals surface area contributed by atoms with Crippen LogP contribution in [0.25, 0.3) is 0 Å². The van der Waals surface area contributed by atoms with E-state index in [0.29, 0.717) is 42.1 Å². The zero-order valence-corrected chi connectivity index (χ0v) is 25.1. The van der Waals surface area contributed by atoms with Crippen LogP contribution in [-0.2, 0) is 19.7 Å². The van der Waals surface area contributed by atoms with Crippen molar-refractivity contribution in [3.63, 3.8) is 0 Å². The molecule has 1 atom stereocenters. The smallest absolute Gasteiger partial charge is 0.328 e. The molecular formula is C30H36N6O6S. The lowest BCUT2D eigenvalue weighted by Crippen LogP contribution is -2.46. The van der Waals surface area contributed by atoms with Gasteiger partial charge in [-0.05, 0) is 59.5 Å². The van der Waals surface area contributed by atoms with E-state index in [9.17, 15) is 22.8 Å². The third-order valence-electron chi connectivity index (χ3n) is 7.18. The lowest BCUT2D eigenvalue weighted by Gasteiger charge is -2.35. The van der Waals surface area contributed by atoms with Crippen molar-refractivity contribution in [2.24, 2.45) is 5.41 Å². The van der Waals surface area contributed by atoms with Crippen LogP contribution in [-0.4, -0.2) is 61.7 Å². The summed E-state index contributed by atoms with van der Waals surface area (Å²) in [5, 5.41) is 6.25. The molecule has 1 amide bonds. The Bertz CT molecular complexity index is 1520. The number of amides is 1. The number of carbonyl (C=O) groups excluding carboxylic acids is 3. The molecule has 1 aliphatic rings. The van der Waals surface area contributed by atoms with Gasteiger partial charge in [0.15, 0.2) is 0 Å². The zero-order chi connectivity index (χ0) is 31.0. The minimum Gasteiger partial charge on any atom is -0.371 e. The second-order valence-corrected chi connectivity index (χ2v) is 13.0. The monoisotopic (exact) mass is 608 g/mol.